The van der Waals surface area contributed by atoms with Gasteiger partial charge in [-0.2, -0.15) is 0 Å². The van der Waals surface area contributed by atoms with Gasteiger partial charge in [0.15, 0.2) is 0 Å². The minimum Gasteiger partial charge on any atom is -0.858 e. The van der Waals surface area contributed by atoms with Crippen molar-refractivity contribution >= 4 is 72.9 Å². The topological polar surface area (TPSA) is 171 Å². The van der Waals surface area contributed by atoms with Crippen LogP contribution in [0.15, 0.2) is 64.7 Å². The van der Waals surface area contributed by atoms with Crippen molar-refractivity contribution in [2.24, 2.45) is 16.3 Å². The summed E-state index contributed by atoms with van der Waals surface area (Å²) in [7, 11) is 0. The molecule has 3 aliphatic rings. The number of aliphatic imine (C=N–C) groups is 1. The second-order valence-corrected chi connectivity index (χ2v) is 10.4. The van der Waals surface area contributed by atoms with Crippen LogP contribution in [0.25, 0.3) is 0 Å². The van der Waals surface area contributed by atoms with Crippen LogP contribution < -0.4 is 10.2 Å². The molecule has 1 aliphatic heterocycles. The van der Waals surface area contributed by atoms with Crippen molar-refractivity contribution in [3.05, 3.63) is 69.8 Å². The van der Waals surface area contributed by atoms with E-state index in [1.54, 1.807) is 26.0 Å². The van der Waals surface area contributed by atoms with Crippen LogP contribution in [0.1, 0.15) is 52.9 Å². The summed E-state index contributed by atoms with van der Waals surface area (Å²) in [5.74, 6) is -3.46. The number of allylic oxidation sites excluding steroid dienone is 3. The summed E-state index contributed by atoms with van der Waals surface area (Å²) in [6, 6.07) is 5.25. The zero-order valence-corrected chi connectivity index (χ0v) is 24.7. The molecule has 1 aromatic rings. The summed E-state index contributed by atoms with van der Waals surface area (Å²) in [6.07, 6.45) is 7.35. The Balaban J connectivity index is 0.00000441. The van der Waals surface area contributed by atoms with E-state index in [9.17, 15) is 34.7 Å². The van der Waals surface area contributed by atoms with E-state index in [1.807, 2.05) is 0 Å². The molecule has 206 valence electrons. The monoisotopic (exact) mass is 576 g/mol. The first-order valence-corrected chi connectivity index (χ1v) is 12.5. The molecule has 0 aromatic heterocycles. The molecular formula is C28H28CaN2O9. The number of non-ortho nitro benzene ring substituents is 1. The summed E-state index contributed by atoms with van der Waals surface area (Å²) in [5.41, 5.74) is -3.18. The number of carbonyl (C=O) groups excluding carboxylic acids is 3. The minimum absolute atomic E-state index is 0. The number of rotatable bonds is 7. The quantitative estimate of drug-likeness (QED) is 0.0895. The first-order valence-electron chi connectivity index (χ1n) is 12.5. The fourth-order valence-corrected chi connectivity index (χ4v) is 6.17. The fourth-order valence-electron chi connectivity index (χ4n) is 6.17. The van der Waals surface area contributed by atoms with Crippen molar-refractivity contribution in [1.29, 1.82) is 0 Å². The Bertz CT molecular complexity index is 1350. The van der Waals surface area contributed by atoms with Gasteiger partial charge < -0.3 is 24.5 Å². The molecule has 1 aromatic carbocycles. The molecule has 4 atom stereocenters. The molecule has 4 rings (SSSR count). The van der Waals surface area contributed by atoms with Gasteiger partial charge in [-0.25, -0.2) is 0 Å². The van der Waals surface area contributed by atoms with Crippen molar-refractivity contribution < 1.29 is 39.0 Å². The normalized spacial score (nSPS) is 29.9. The van der Waals surface area contributed by atoms with Crippen molar-refractivity contribution in [3.63, 3.8) is 0 Å². The van der Waals surface area contributed by atoms with Crippen molar-refractivity contribution in [3.8, 4) is 0 Å². The van der Waals surface area contributed by atoms with Gasteiger partial charge in [0.05, 0.1) is 16.6 Å². The number of hydrogen-bond donors (Lipinski definition) is 0. The van der Waals surface area contributed by atoms with E-state index in [1.165, 1.54) is 43.3 Å². The number of ether oxygens (including phenoxy) is 2. The van der Waals surface area contributed by atoms with E-state index < -0.39 is 51.3 Å². The van der Waals surface area contributed by atoms with Gasteiger partial charge >= 0.3 is 49.7 Å². The van der Waals surface area contributed by atoms with Crippen LogP contribution in [0.4, 0.5) is 11.4 Å². The number of carboxylic acid groups (broad SMARTS) is 1. The molecule has 1 saturated carbocycles. The second kappa shape index (κ2) is 11.8. The SMILES string of the molecule is CC(=O)O[C@]12CCC(C(=O)[O-])=CC[C@]13CC[C@H]2[C@@](C)(/C=C/C=C(\C)C([O-])=Nc1ccc([N+](=O)[O-])cc1)OC3=O.[Ca+2]. The Morgan fingerprint density at radius 1 is 1.18 bits per heavy atom. The van der Waals surface area contributed by atoms with Gasteiger partial charge in [0.1, 0.15) is 16.6 Å². The molecule has 2 aliphatic carbocycles. The van der Waals surface area contributed by atoms with E-state index in [-0.39, 0.29) is 79.5 Å². The van der Waals surface area contributed by atoms with Crippen LogP contribution in [0.3, 0.4) is 0 Å². The average Bonchev–Trinajstić information content (AvgIpc) is 3.00. The molecule has 0 N–H and O–H groups in total. The number of aliphatic carboxylic acids is 1. The third-order valence-corrected chi connectivity index (χ3v) is 8.08. The summed E-state index contributed by atoms with van der Waals surface area (Å²) in [5, 5.41) is 34.9. The molecule has 0 radical (unpaired) electrons. The first kappa shape index (κ1) is 31.5. The third-order valence-electron chi connectivity index (χ3n) is 8.08. The maximum atomic E-state index is 13.5. The predicted octanol–water partition coefficient (Wildman–Crippen LogP) is 1.98. The maximum absolute atomic E-state index is 13.5. The van der Waals surface area contributed by atoms with E-state index in [2.05, 4.69) is 4.99 Å². The van der Waals surface area contributed by atoms with Gasteiger partial charge in [-0.05, 0) is 81.2 Å². The number of carboxylic acids is 1. The molecule has 2 fully saturated rings. The van der Waals surface area contributed by atoms with E-state index in [0.717, 1.165) is 0 Å². The summed E-state index contributed by atoms with van der Waals surface area (Å²) >= 11 is 0. The van der Waals surface area contributed by atoms with Crippen LogP contribution in [0.2, 0.25) is 0 Å². The number of nitro groups is 1. The smallest absolute Gasteiger partial charge is 0.858 e. The van der Waals surface area contributed by atoms with Gasteiger partial charge in [0.2, 0.25) is 0 Å². The van der Waals surface area contributed by atoms with Crippen molar-refractivity contribution in [1.82, 2.24) is 0 Å². The average molecular weight is 577 g/mol. The second-order valence-electron chi connectivity index (χ2n) is 10.4. The van der Waals surface area contributed by atoms with Crippen LogP contribution in [-0.2, 0) is 23.9 Å². The number of esters is 2. The Morgan fingerprint density at radius 3 is 2.45 bits per heavy atom. The maximum Gasteiger partial charge on any atom is 2.00 e. The fraction of sp³-hybridized carbons (Fsp3) is 0.429. The number of nitrogens with zero attached hydrogens (tertiary/aromatic N) is 2. The first-order chi connectivity index (χ1) is 18.3. The standard InChI is InChI=1S/C28H30N2O9.Ca/c1-17(23(32)29-20-6-8-21(9-7-20)30(36)37)5-4-13-26(3)22-12-15-27(25(35)39-26)14-10-19(24(33)34)11-16-28(22,27)38-18(2)31;/h4-10,13,22H,11-12,14-16H2,1-3H3,(H,29,32)(H,33,34);/q;+2/p-2/b13-4+,17-5+;/t22-,26+,27+,28-;/m0./s1. The molecule has 2 bridgehead atoms. The summed E-state index contributed by atoms with van der Waals surface area (Å²) in [4.78, 5) is 51.6. The van der Waals surface area contributed by atoms with E-state index >= 15 is 0 Å². The predicted molar refractivity (Wildman–Crippen MR) is 140 cm³/mol. The Labute approximate surface area is 260 Å². The van der Waals surface area contributed by atoms with Gasteiger partial charge in [0, 0.05) is 25.0 Å². The number of nitro benzene ring substituents is 1. The number of carbonyl (C=O) groups is 3. The largest absolute Gasteiger partial charge is 2.00 e. The zero-order valence-electron chi connectivity index (χ0n) is 22.5. The van der Waals surface area contributed by atoms with Gasteiger partial charge in [0.25, 0.3) is 5.69 Å². The van der Waals surface area contributed by atoms with Crippen LogP contribution in [0, 0.1) is 21.4 Å². The Morgan fingerprint density at radius 2 is 1.85 bits per heavy atom. The molecule has 12 heteroatoms. The van der Waals surface area contributed by atoms with Gasteiger partial charge in [-0.3, -0.25) is 24.7 Å². The van der Waals surface area contributed by atoms with Crippen LogP contribution in [-0.4, -0.2) is 77.7 Å². The third kappa shape index (κ3) is 5.59. The van der Waals surface area contributed by atoms with E-state index in [0.29, 0.717) is 12.8 Å². The van der Waals surface area contributed by atoms with Gasteiger partial charge in [-0.15, -0.1) is 0 Å². The van der Waals surface area contributed by atoms with Crippen molar-refractivity contribution in [2.45, 2.75) is 64.1 Å². The Hall–Kier alpha value is -3.02. The van der Waals surface area contributed by atoms with E-state index in [4.69, 9.17) is 9.47 Å². The number of cyclic esters (lactones) is 1. The van der Waals surface area contributed by atoms with Crippen LogP contribution in [0.5, 0.6) is 0 Å². The summed E-state index contributed by atoms with van der Waals surface area (Å²) < 4.78 is 11.9. The molecular weight excluding hydrogens is 548 g/mol. The summed E-state index contributed by atoms with van der Waals surface area (Å²) in [6.45, 7) is 4.52. The molecule has 1 saturated heterocycles. The van der Waals surface area contributed by atoms with Crippen LogP contribution >= 0.6 is 0 Å². The zero-order chi connectivity index (χ0) is 28.6. The number of benzene rings is 1. The minimum atomic E-state index is -1.32. The molecule has 0 amide bonds. The molecule has 40 heavy (non-hydrogen) atoms. The molecule has 0 spiro atoms. The van der Waals surface area contributed by atoms with Gasteiger partial charge in [-0.1, -0.05) is 18.2 Å². The Kier molecular flexibility index (Phi) is 9.33. The molecule has 0 unspecified atom stereocenters. The number of hydrogen-bond acceptors (Lipinski definition) is 10. The molecule has 11 nitrogen and oxygen atoms in total. The van der Waals surface area contributed by atoms with Crippen molar-refractivity contribution in [2.75, 3.05) is 0 Å². The molecule has 1 heterocycles.